The molecule has 1 heterocycles. The first-order valence-electron chi connectivity index (χ1n) is 5.09. The summed E-state index contributed by atoms with van der Waals surface area (Å²) in [5.41, 5.74) is 10.6. The summed E-state index contributed by atoms with van der Waals surface area (Å²) in [4.78, 5) is 0. The lowest BCUT2D eigenvalue weighted by Crippen LogP contribution is -2.04. The Bertz CT molecular complexity index is 523. The van der Waals surface area contributed by atoms with Crippen molar-refractivity contribution < 1.29 is 0 Å². The molecule has 0 radical (unpaired) electrons. The molecule has 0 bridgehead atoms. The number of nitrogen functional groups attached to an aromatic ring is 1. The molecular weight excluding hydrogens is 222 g/mol. The Hall–Kier alpha value is -1.48. The zero-order valence-corrected chi connectivity index (χ0v) is 10.3. The monoisotopic (exact) mass is 235 g/mol. The fourth-order valence-electron chi connectivity index (χ4n) is 1.69. The molecule has 0 spiro atoms. The minimum Gasteiger partial charge on any atom is -0.397 e. The van der Waals surface area contributed by atoms with Crippen molar-refractivity contribution in [1.82, 2.24) is 9.78 Å². The quantitative estimate of drug-likeness (QED) is 0.773. The number of nitrogens with zero attached hydrogens (tertiary/aromatic N) is 2. The summed E-state index contributed by atoms with van der Waals surface area (Å²) in [7, 11) is 0. The van der Waals surface area contributed by atoms with E-state index in [4.69, 9.17) is 17.3 Å². The number of aryl methyl sites for hydroxylation is 1. The van der Waals surface area contributed by atoms with Crippen LogP contribution in [0.2, 0.25) is 5.02 Å². The molecular formula is C12H14ClN3. The zero-order valence-electron chi connectivity index (χ0n) is 9.58. The van der Waals surface area contributed by atoms with Crippen molar-refractivity contribution >= 4 is 17.3 Å². The molecule has 0 unspecified atom stereocenters. The van der Waals surface area contributed by atoms with Gasteiger partial charge in [0.15, 0.2) is 0 Å². The molecule has 0 atom stereocenters. The highest BCUT2D eigenvalue weighted by molar-refractivity contribution is 6.32. The lowest BCUT2D eigenvalue weighted by Gasteiger charge is -2.09. The maximum atomic E-state index is 6.16. The maximum absolute atomic E-state index is 6.16. The normalized spacial score (nSPS) is 10.8. The van der Waals surface area contributed by atoms with Crippen LogP contribution >= 0.6 is 11.6 Å². The summed E-state index contributed by atoms with van der Waals surface area (Å²) < 4.78 is 1.81. The Kier molecular flexibility index (Phi) is 2.64. The van der Waals surface area contributed by atoms with Gasteiger partial charge in [0.2, 0.25) is 0 Å². The van der Waals surface area contributed by atoms with Crippen LogP contribution in [0.4, 0.5) is 5.69 Å². The van der Waals surface area contributed by atoms with Crippen LogP contribution in [-0.4, -0.2) is 9.78 Å². The summed E-state index contributed by atoms with van der Waals surface area (Å²) >= 11 is 6.16. The van der Waals surface area contributed by atoms with E-state index in [-0.39, 0.29) is 0 Å². The molecule has 0 aliphatic rings. The van der Waals surface area contributed by atoms with Gasteiger partial charge in [0.25, 0.3) is 0 Å². The molecule has 84 valence electrons. The standard InChI is InChI=1S/C12H14ClN3/c1-7-8(2)15-16(9(7)3)12-10(13)5-4-6-11(12)14/h4-6H,14H2,1-3H3. The predicted octanol–water partition coefficient (Wildman–Crippen LogP) is 3.03. The van der Waals surface area contributed by atoms with Crippen molar-refractivity contribution in [2.45, 2.75) is 20.8 Å². The molecule has 0 aliphatic carbocycles. The molecule has 16 heavy (non-hydrogen) atoms. The zero-order chi connectivity index (χ0) is 11.9. The Labute approximate surface area is 99.8 Å². The Morgan fingerprint density at radius 3 is 2.44 bits per heavy atom. The topological polar surface area (TPSA) is 43.8 Å². The van der Waals surface area contributed by atoms with Gasteiger partial charge in [0.05, 0.1) is 16.4 Å². The summed E-state index contributed by atoms with van der Waals surface area (Å²) in [6, 6.07) is 5.48. The second kappa shape index (κ2) is 3.83. The fraction of sp³-hybridized carbons (Fsp3) is 0.250. The van der Waals surface area contributed by atoms with Crippen LogP contribution in [-0.2, 0) is 0 Å². The molecule has 2 aromatic rings. The first-order chi connectivity index (χ1) is 7.52. The minimum absolute atomic E-state index is 0.616. The number of aromatic nitrogens is 2. The third kappa shape index (κ3) is 1.57. The van der Waals surface area contributed by atoms with E-state index in [0.717, 1.165) is 17.1 Å². The number of para-hydroxylation sites is 1. The van der Waals surface area contributed by atoms with E-state index in [1.54, 1.807) is 0 Å². The minimum atomic E-state index is 0.616. The molecule has 0 saturated heterocycles. The number of anilines is 1. The van der Waals surface area contributed by atoms with Crippen molar-refractivity contribution in [3.05, 3.63) is 40.2 Å². The average molecular weight is 236 g/mol. The van der Waals surface area contributed by atoms with Crippen molar-refractivity contribution in [3.8, 4) is 5.69 Å². The van der Waals surface area contributed by atoms with Gasteiger partial charge in [0, 0.05) is 5.69 Å². The summed E-state index contributed by atoms with van der Waals surface area (Å²) in [5, 5.41) is 5.07. The van der Waals surface area contributed by atoms with E-state index >= 15 is 0 Å². The van der Waals surface area contributed by atoms with Crippen LogP contribution in [0.5, 0.6) is 0 Å². The van der Waals surface area contributed by atoms with Crippen LogP contribution in [0.1, 0.15) is 17.0 Å². The van der Waals surface area contributed by atoms with Crippen molar-refractivity contribution in [2.24, 2.45) is 0 Å². The second-order valence-electron chi connectivity index (χ2n) is 3.89. The van der Waals surface area contributed by atoms with Crippen LogP contribution in [0, 0.1) is 20.8 Å². The summed E-state index contributed by atoms with van der Waals surface area (Å²) in [5.74, 6) is 0. The molecule has 2 rings (SSSR count). The summed E-state index contributed by atoms with van der Waals surface area (Å²) in [6.45, 7) is 6.03. The molecule has 4 heteroatoms. The predicted molar refractivity (Wildman–Crippen MR) is 67.2 cm³/mol. The van der Waals surface area contributed by atoms with Crippen molar-refractivity contribution in [2.75, 3.05) is 5.73 Å². The number of halogens is 1. The Morgan fingerprint density at radius 1 is 1.25 bits per heavy atom. The van der Waals surface area contributed by atoms with Gasteiger partial charge in [-0.1, -0.05) is 17.7 Å². The SMILES string of the molecule is Cc1nn(-c2c(N)cccc2Cl)c(C)c1C. The molecule has 2 N–H and O–H groups in total. The van der Waals surface area contributed by atoms with E-state index in [2.05, 4.69) is 5.10 Å². The number of hydrogen-bond acceptors (Lipinski definition) is 2. The molecule has 1 aromatic carbocycles. The molecule has 3 nitrogen and oxygen atoms in total. The fourth-order valence-corrected chi connectivity index (χ4v) is 1.96. The van der Waals surface area contributed by atoms with Gasteiger partial charge < -0.3 is 5.73 Å². The molecule has 0 aliphatic heterocycles. The van der Waals surface area contributed by atoms with Crippen molar-refractivity contribution in [3.63, 3.8) is 0 Å². The lowest BCUT2D eigenvalue weighted by molar-refractivity contribution is 0.835. The van der Waals surface area contributed by atoms with Crippen molar-refractivity contribution in [1.29, 1.82) is 0 Å². The highest BCUT2D eigenvalue weighted by Gasteiger charge is 2.13. The number of rotatable bonds is 1. The van der Waals surface area contributed by atoms with Crippen LogP contribution in [0.3, 0.4) is 0 Å². The van der Waals surface area contributed by atoms with E-state index in [0.29, 0.717) is 10.7 Å². The van der Waals surface area contributed by atoms with E-state index in [1.807, 2.05) is 43.7 Å². The largest absolute Gasteiger partial charge is 0.397 e. The van der Waals surface area contributed by atoms with Crippen LogP contribution < -0.4 is 5.73 Å². The van der Waals surface area contributed by atoms with Crippen LogP contribution in [0.25, 0.3) is 5.69 Å². The van der Waals surface area contributed by atoms with E-state index < -0.39 is 0 Å². The average Bonchev–Trinajstić information content (AvgIpc) is 2.47. The van der Waals surface area contributed by atoms with Crippen LogP contribution in [0.15, 0.2) is 18.2 Å². The summed E-state index contributed by atoms with van der Waals surface area (Å²) in [6.07, 6.45) is 0. The second-order valence-corrected chi connectivity index (χ2v) is 4.29. The third-order valence-electron chi connectivity index (χ3n) is 2.88. The van der Waals surface area contributed by atoms with E-state index in [9.17, 15) is 0 Å². The first kappa shape index (κ1) is 11.0. The lowest BCUT2D eigenvalue weighted by atomic mass is 10.2. The Morgan fingerprint density at radius 2 is 1.94 bits per heavy atom. The Balaban J connectivity index is 2.72. The molecule has 0 fully saturated rings. The number of hydrogen-bond donors (Lipinski definition) is 1. The van der Waals surface area contributed by atoms with Gasteiger partial charge in [-0.2, -0.15) is 5.10 Å². The van der Waals surface area contributed by atoms with Gasteiger partial charge in [0.1, 0.15) is 5.69 Å². The van der Waals surface area contributed by atoms with E-state index in [1.165, 1.54) is 5.56 Å². The number of nitrogens with two attached hydrogens (primary N) is 1. The van der Waals surface area contributed by atoms with Gasteiger partial charge >= 0.3 is 0 Å². The smallest absolute Gasteiger partial charge is 0.106 e. The first-order valence-corrected chi connectivity index (χ1v) is 5.47. The highest BCUT2D eigenvalue weighted by atomic mass is 35.5. The number of benzene rings is 1. The van der Waals surface area contributed by atoms with Gasteiger partial charge in [-0.15, -0.1) is 0 Å². The van der Waals surface area contributed by atoms with Gasteiger partial charge in [-0.05, 0) is 38.5 Å². The third-order valence-corrected chi connectivity index (χ3v) is 3.19. The van der Waals surface area contributed by atoms with Gasteiger partial charge in [-0.25, -0.2) is 4.68 Å². The molecule has 0 amide bonds. The highest BCUT2D eigenvalue weighted by Crippen LogP contribution is 2.28. The van der Waals surface area contributed by atoms with Gasteiger partial charge in [-0.3, -0.25) is 0 Å². The maximum Gasteiger partial charge on any atom is 0.106 e. The molecule has 1 aromatic heterocycles. The molecule has 0 saturated carbocycles.